The van der Waals surface area contributed by atoms with Crippen molar-refractivity contribution in [3.8, 4) is 0 Å². The first-order valence-corrected chi connectivity index (χ1v) is 7.52. The number of ether oxygens (including phenoxy) is 2. The van der Waals surface area contributed by atoms with E-state index in [2.05, 4.69) is 25.4 Å². The van der Waals surface area contributed by atoms with Crippen molar-refractivity contribution in [3.05, 3.63) is 33.8 Å². The van der Waals surface area contributed by atoms with Crippen LogP contribution in [0, 0.1) is 5.41 Å². The number of carbonyl (C=O) groups excluding carboxylic acids is 4. The number of hydrogen-bond acceptors (Lipinski definition) is 6. The van der Waals surface area contributed by atoms with Crippen LogP contribution in [-0.4, -0.2) is 48.9 Å². The molecule has 2 aliphatic rings. The number of esters is 2. The van der Waals surface area contributed by atoms with Crippen LogP contribution in [0.5, 0.6) is 0 Å². The van der Waals surface area contributed by atoms with Gasteiger partial charge in [0.1, 0.15) is 0 Å². The van der Waals surface area contributed by atoms with Gasteiger partial charge in [-0.25, -0.2) is 0 Å². The number of fused-ring (bicyclic) bond motifs is 1. The first-order chi connectivity index (χ1) is 10.9. The molecule has 1 unspecified atom stereocenters. The molecule has 1 fully saturated rings. The van der Waals surface area contributed by atoms with Crippen molar-refractivity contribution in [1.82, 2.24) is 4.90 Å². The zero-order valence-corrected chi connectivity index (χ0v) is 13.9. The number of hydrogen-bond donors (Lipinski definition) is 0. The molecular formula is C15H12BrNO6. The molecule has 1 aromatic rings. The number of halogens is 1. The Morgan fingerprint density at radius 1 is 1.13 bits per heavy atom. The minimum absolute atomic E-state index is 0.00101. The van der Waals surface area contributed by atoms with E-state index in [0.717, 1.165) is 19.1 Å². The van der Waals surface area contributed by atoms with Gasteiger partial charge >= 0.3 is 11.9 Å². The number of nitrogens with zero attached hydrogens (tertiary/aromatic N) is 1. The standard InChI is InChI=1S/C15H12BrNO6/c1-22-13(20)15(14(21)23-2)6-10(15)17-11(18)8-4-3-7(16)5-9(8)12(17)19/h3-5,10H,6H2,1-2H3. The third-order valence-electron chi connectivity index (χ3n) is 4.22. The van der Waals surface area contributed by atoms with E-state index in [0.29, 0.717) is 4.47 Å². The molecule has 0 bridgehead atoms. The predicted molar refractivity (Wildman–Crippen MR) is 79.5 cm³/mol. The lowest BCUT2D eigenvalue weighted by atomic mass is 10.1. The molecular weight excluding hydrogens is 370 g/mol. The van der Waals surface area contributed by atoms with E-state index in [4.69, 9.17) is 0 Å². The monoisotopic (exact) mass is 381 g/mol. The first-order valence-electron chi connectivity index (χ1n) is 6.72. The molecule has 120 valence electrons. The Balaban J connectivity index is 1.99. The van der Waals surface area contributed by atoms with Crippen LogP contribution in [0.3, 0.4) is 0 Å². The Labute approximate surface area is 139 Å². The Kier molecular flexibility index (Phi) is 3.51. The molecule has 0 spiro atoms. The number of imide groups is 1. The van der Waals surface area contributed by atoms with Crippen LogP contribution in [0.4, 0.5) is 0 Å². The van der Waals surface area contributed by atoms with E-state index in [1.54, 1.807) is 6.07 Å². The van der Waals surface area contributed by atoms with Gasteiger partial charge in [-0.05, 0) is 24.6 Å². The highest BCUT2D eigenvalue weighted by Gasteiger charge is 2.72. The number of rotatable bonds is 3. The minimum Gasteiger partial charge on any atom is -0.468 e. The van der Waals surface area contributed by atoms with Gasteiger partial charge in [0.2, 0.25) is 0 Å². The Morgan fingerprint density at radius 3 is 2.26 bits per heavy atom. The first kappa shape index (κ1) is 15.7. The van der Waals surface area contributed by atoms with Gasteiger partial charge in [0.25, 0.3) is 11.8 Å². The van der Waals surface area contributed by atoms with Crippen molar-refractivity contribution in [2.24, 2.45) is 5.41 Å². The summed E-state index contributed by atoms with van der Waals surface area (Å²) in [5.41, 5.74) is -1.15. The molecule has 1 aromatic carbocycles. The Bertz CT molecular complexity index is 742. The largest absolute Gasteiger partial charge is 0.468 e. The lowest BCUT2D eigenvalue weighted by molar-refractivity contribution is -0.161. The predicted octanol–water partition coefficient (Wildman–Crippen LogP) is 1.15. The van der Waals surface area contributed by atoms with Crippen LogP contribution in [0.1, 0.15) is 27.1 Å². The van der Waals surface area contributed by atoms with Crippen molar-refractivity contribution in [2.75, 3.05) is 14.2 Å². The molecule has 1 atom stereocenters. The van der Waals surface area contributed by atoms with Gasteiger partial charge in [-0.3, -0.25) is 24.1 Å². The summed E-state index contributed by atoms with van der Waals surface area (Å²) in [6.45, 7) is 0. The number of carbonyl (C=O) groups is 4. The van der Waals surface area contributed by atoms with Gasteiger partial charge in [0, 0.05) is 4.47 Å². The second kappa shape index (κ2) is 5.16. The van der Waals surface area contributed by atoms with E-state index in [9.17, 15) is 19.2 Å². The highest BCUT2D eigenvalue weighted by molar-refractivity contribution is 9.10. The van der Waals surface area contributed by atoms with Crippen LogP contribution in [0.25, 0.3) is 0 Å². The van der Waals surface area contributed by atoms with Gasteiger partial charge in [-0.1, -0.05) is 15.9 Å². The fourth-order valence-corrected chi connectivity index (χ4v) is 3.32. The highest BCUT2D eigenvalue weighted by atomic mass is 79.9. The molecule has 0 saturated heterocycles. The molecule has 0 aromatic heterocycles. The average Bonchev–Trinajstić information content (AvgIpc) is 3.24. The van der Waals surface area contributed by atoms with Crippen LogP contribution in [-0.2, 0) is 19.1 Å². The second-order valence-corrected chi connectivity index (χ2v) is 6.26. The van der Waals surface area contributed by atoms with Crippen LogP contribution in [0.15, 0.2) is 22.7 Å². The molecule has 1 aliphatic heterocycles. The van der Waals surface area contributed by atoms with Gasteiger partial charge in [0.15, 0.2) is 5.41 Å². The van der Waals surface area contributed by atoms with Gasteiger partial charge in [-0.2, -0.15) is 0 Å². The summed E-state index contributed by atoms with van der Waals surface area (Å²) in [6, 6.07) is 3.82. The smallest absolute Gasteiger partial charge is 0.325 e. The summed E-state index contributed by atoms with van der Waals surface area (Å²) in [5, 5.41) is 0. The van der Waals surface area contributed by atoms with E-state index in [-0.39, 0.29) is 17.5 Å². The maximum atomic E-state index is 12.5. The lowest BCUT2D eigenvalue weighted by Crippen LogP contribution is -2.41. The summed E-state index contributed by atoms with van der Waals surface area (Å²) >= 11 is 3.25. The highest BCUT2D eigenvalue weighted by Crippen LogP contribution is 2.53. The molecule has 1 saturated carbocycles. The van der Waals surface area contributed by atoms with Crippen molar-refractivity contribution in [2.45, 2.75) is 12.5 Å². The minimum atomic E-state index is -1.63. The summed E-state index contributed by atoms with van der Waals surface area (Å²) in [6.07, 6.45) is -0.00101. The molecule has 3 rings (SSSR count). The Hall–Kier alpha value is -2.22. The van der Waals surface area contributed by atoms with Crippen molar-refractivity contribution in [3.63, 3.8) is 0 Å². The summed E-state index contributed by atoms with van der Waals surface area (Å²) in [7, 11) is 2.28. The van der Waals surface area contributed by atoms with Crippen LogP contribution < -0.4 is 0 Å². The third-order valence-corrected chi connectivity index (χ3v) is 4.71. The molecule has 1 heterocycles. The molecule has 7 nitrogen and oxygen atoms in total. The van der Waals surface area contributed by atoms with Gasteiger partial charge in [-0.15, -0.1) is 0 Å². The second-order valence-electron chi connectivity index (χ2n) is 5.34. The maximum Gasteiger partial charge on any atom is 0.325 e. The molecule has 2 amide bonds. The molecule has 8 heteroatoms. The van der Waals surface area contributed by atoms with Crippen molar-refractivity contribution < 1.29 is 28.7 Å². The van der Waals surface area contributed by atoms with Crippen molar-refractivity contribution >= 4 is 39.7 Å². The lowest BCUT2D eigenvalue weighted by Gasteiger charge is -2.18. The van der Waals surface area contributed by atoms with Crippen LogP contribution >= 0.6 is 15.9 Å². The topological polar surface area (TPSA) is 90.0 Å². The number of benzene rings is 1. The fraction of sp³-hybridized carbons (Fsp3) is 0.333. The molecule has 0 radical (unpaired) electrons. The number of methoxy groups -OCH3 is 2. The molecule has 23 heavy (non-hydrogen) atoms. The Morgan fingerprint density at radius 2 is 1.70 bits per heavy atom. The summed E-state index contributed by atoms with van der Waals surface area (Å²) < 4.78 is 9.98. The maximum absolute atomic E-state index is 12.5. The van der Waals surface area contributed by atoms with E-state index < -0.39 is 35.2 Å². The van der Waals surface area contributed by atoms with E-state index >= 15 is 0 Å². The molecule has 1 aliphatic carbocycles. The van der Waals surface area contributed by atoms with Crippen molar-refractivity contribution in [1.29, 1.82) is 0 Å². The average molecular weight is 382 g/mol. The normalized spacial score (nSPS) is 21.0. The van der Waals surface area contributed by atoms with Gasteiger partial charge < -0.3 is 9.47 Å². The van der Waals surface area contributed by atoms with Crippen LogP contribution in [0.2, 0.25) is 0 Å². The van der Waals surface area contributed by atoms with E-state index in [1.807, 2.05) is 0 Å². The fourth-order valence-electron chi connectivity index (χ4n) is 2.96. The quantitative estimate of drug-likeness (QED) is 0.443. The van der Waals surface area contributed by atoms with Gasteiger partial charge in [0.05, 0.1) is 31.4 Å². The summed E-state index contributed by atoms with van der Waals surface area (Å²) in [5.74, 6) is -2.69. The van der Waals surface area contributed by atoms with E-state index in [1.165, 1.54) is 12.1 Å². The SMILES string of the molecule is COC(=O)C1(C(=O)OC)CC1N1C(=O)c2ccc(Br)cc2C1=O. The zero-order valence-electron chi connectivity index (χ0n) is 12.3. The third kappa shape index (κ3) is 2.01. The molecule has 0 N–H and O–H groups in total. The zero-order chi connectivity index (χ0) is 16.9. The number of amides is 2. The summed E-state index contributed by atoms with van der Waals surface area (Å²) in [4.78, 5) is 50.0.